The number of rotatable bonds is 3. The monoisotopic (exact) mass is 454 g/mol. The minimum absolute atomic E-state index is 1.10. The molecule has 0 amide bonds. The smallest absolute Gasteiger partial charge is 0.0561 e. The van der Waals surface area contributed by atoms with Gasteiger partial charge in [0.1, 0.15) is 0 Å². The van der Waals surface area contributed by atoms with Crippen LogP contribution in [0.1, 0.15) is 0 Å². The minimum atomic E-state index is 1.10. The van der Waals surface area contributed by atoms with Gasteiger partial charge in [-0.25, -0.2) is 0 Å². The van der Waals surface area contributed by atoms with Gasteiger partial charge in [-0.3, -0.25) is 0 Å². The maximum Gasteiger partial charge on any atom is 0.0561 e. The highest BCUT2D eigenvalue weighted by Crippen LogP contribution is 2.40. The highest BCUT2D eigenvalue weighted by atomic mass is 32.1. The van der Waals surface area contributed by atoms with Gasteiger partial charge in [0, 0.05) is 49.2 Å². The van der Waals surface area contributed by atoms with Gasteiger partial charge < -0.3 is 9.88 Å². The summed E-state index contributed by atoms with van der Waals surface area (Å²) in [6.07, 6.45) is 0. The summed E-state index contributed by atoms with van der Waals surface area (Å²) in [5.41, 5.74) is 7.18. The zero-order valence-corrected chi connectivity index (χ0v) is 19.6. The first-order valence-electron chi connectivity index (χ1n) is 11.5. The summed E-state index contributed by atoms with van der Waals surface area (Å²) in [5.74, 6) is 0. The van der Waals surface area contributed by atoms with Gasteiger partial charge in [0.25, 0.3) is 0 Å². The van der Waals surface area contributed by atoms with Gasteiger partial charge >= 0.3 is 0 Å². The first kappa shape index (κ1) is 19.4. The molecule has 0 bridgehead atoms. The summed E-state index contributed by atoms with van der Waals surface area (Å²) < 4.78 is 5.08. The van der Waals surface area contributed by atoms with Gasteiger partial charge in [-0.15, -0.1) is 11.3 Å². The van der Waals surface area contributed by atoms with Crippen molar-refractivity contribution in [3.63, 3.8) is 0 Å². The number of benzene rings is 5. The fourth-order valence-corrected chi connectivity index (χ4v) is 6.28. The number of thiophene rings is 1. The molecule has 0 saturated carbocycles. The van der Waals surface area contributed by atoms with E-state index < -0.39 is 0 Å². The summed E-state index contributed by atoms with van der Waals surface area (Å²) in [6.45, 7) is 0. The third-order valence-corrected chi connectivity index (χ3v) is 7.95. The largest absolute Gasteiger partial charge is 0.388 e. The standard InChI is InChI=1S/C31H22N2S/c1-32-21-15-16-22(20-14-17-31-26(18-20)25-10-4-7-13-30(25)34-31)29(19-21)33-27-11-5-2-8-23(27)24-9-3-6-12-28(24)33/h2-19,32H,1H3. The maximum absolute atomic E-state index is 3.34. The van der Waals surface area contributed by atoms with Crippen LogP contribution >= 0.6 is 11.3 Å². The fraction of sp³-hybridized carbons (Fsp3) is 0.0323. The van der Waals surface area contributed by atoms with Crippen molar-refractivity contribution in [1.29, 1.82) is 0 Å². The van der Waals surface area contributed by atoms with Crippen molar-refractivity contribution in [2.75, 3.05) is 12.4 Å². The normalized spacial score (nSPS) is 11.7. The molecule has 2 nitrogen and oxygen atoms in total. The molecule has 0 fully saturated rings. The van der Waals surface area contributed by atoms with E-state index in [0.29, 0.717) is 0 Å². The van der Waals surface area contributed by atoms with E-state index in [1.165, 1.54) is 58.8 Å². The quantitative estimate of drug-likeness (QED) is 0.282. The van der Waals surface area contributed by atoms with E-state index >= 15 is 0 Å². The summed E-state index contributed by atoms with van der Waals surface area (Å²) in [7, 11) is 1.98. The van der Waals surface area contributed by atoms with Crippen LogP contribution in [0.4, 0.5) is 5.69 Å². The van der Waals surface area contributed by atoms with Crippen molar-refractivity contribution in [2.45, 2.75) is 0 Å². The molecule has 7 rings (SSSR count). The molecule has 1 N–H and O–H groups in total. The average molecular weight is 455 g/mol. The highest BCUT2D eigenvalue weighted by Gasteiger charge is 2.16. The second-order valence-electron chi connectivity index (χ2n) is 8.66. The van der Waals surface area contributed by atoms with Crippen LogP contribution in [0, 0.1) is 0 Å². The van der Waals surface area contributed by atoms with Gasteiger partial charge in [0.15, 0.2) is 0 Å². The zero-order chi connectivity index (χ0) is 22.6. The van der Waals surface area contributed by atoms with E-state index in [1.54, 1.807) is 0 Å². The summed E-state index contributed by atoms with van der Waals surface area (Å²) >= 11 is 1.86. The van der Waals surface area contributed by atoms with Crippen molar-refractivity contribution in [3.05, 3.63) is 109 Å². The summed E-state index contributed by atoms with van der Waals surface area (Å²) in [4.78, 5) is 0. The summed E-state index contributed by atoms with van der Waals surface area (Å²) in [6, 6.07) is 39.7. The molecule has 0 aliphatic heterocycles. The molecule has 0 unspecified atom stereocenters. The molecule has 0 aliphatic carbocycles. The lowest BCUT2D eigenvalue weighted by Gasteiger charge is -2.16. The molecule has 0 radical (unpaired) electrons. The lowest BCUT2D eigenvalue weighted by Crippen LogP contribution is -1.99. The number of anilines is 1. The van der Waals surface area contributed by atoms with E-state index in [4.69, 9.17) is 0 Å². The van der Waals surface area contributed by atoms with Crippen LogP contribution < -0.4 is 5.32 Å². The second-order valence-corrected chi connectivity index (χ2v) is 9.74. The van der Waals surface area contributed by atoms with Crippen LogP contribution in [0.2, 0.25) is 0 Å². The lowest BCUT2D eigenvalue weighted by molar-refractivity contribution is 1.18. The molecular weight excluding hydrogens is 432 g/mol. The van der Waals surface area contributed by atoms with Gasteiger partial charge in [-0.05, 0) is 48.0 Å². The van der Waals surface area contributed by atoms with Crippen molar-refractivity contribution < 1.29 is 0 Å². The Morgan fingerprint density at radius 3 is 1.97 bits per heavy atom. The average Bonchev–Trinajstić information content (AvgIpc) is 3.44. The zero-order valence-electron chi connectivity index (χ0n) is 18.7. The molecule has 0 spiro atoms. The number of nitrogens with zero attached hydrogens (tertiary/aromatic N) is 1. The number of hydrogen-bond acceptors (Lipinski definition) is 2. The Labute approximate surface area is 201 Å². The number of para-hydroxylation sites is 2. The van der Waals surface area contributed by atoms with Crippen LogP contribution in [0.3, 0.4) is 0 Å². The predicted octanol–water partition coefficient (Wildman–Crippen LogP) is 8.86. The lowest BCUT2D eigenvalue weighted by atomic mass is 10.00. The maximum atomic E-state index is 3.34. The number of fused-ring (bicyclic) bond motifs is 6. The molecule has 5 aromatic carbocycles. The first-order valence-corrected chi connectivity index (χ1v) is 12.4. The molecule has 3 heteroatoms. The molecule has 7 aromatic rings. The Morgan fingerprint density at radius 2 is 1.24 bits per heavy atom. The molecule has 0 saturated heterocycles. The number of nitrogens with one attached hydrogen (secondary N) is 1. The van der Waals surface area contributed by atoms with Crippen molar-refractivity contribution in [2.24, 2.45) is 0 Å². The highest BCUT2D eigenvalue weighted by molar-refractivity contribution is 7.25. The predicted molar refractivity (Wildman–Crippen MR) is 149 cm³/mol. The molecule has 34 heavy (non-hydrogen) atoms. The van der Waals surface area contributed by atoms with Crippen LogP contribution in [0.5, 0.6) is 0 Å². The van der Waals surface area contributed by atoms with Gasteiger partial charge in [0.05, 0.1) is 16.7 Å². The Kier molecular flexibility index (Phi) is 4.26. The first-order chi connectivity index (χ1) is 16.8. The van der Waals surface area contributed by atoms with E-state index in [-0.39, 0.29) is 0 Å². The van der Waals surface area contributed by atoms with Crippen LogP contribution in [-0.4, -0.2) is 11.6 Å². The van der Waals surface area contributed by atoms with Crippen LogP contribution in [-0.2, 0) is 0 Å². The van der Waals surface area contributed by atoms with Gasteiger partial charge in [0.2, 0.25) is 0 Å². The molecule has 162 valence electrons. The molecule has 2 aromatic heterocycles. The second kappa shape index (κ2) is 7.47. The van der Waals surface area contributed by atoms with Gasteiger partial charge in [-0.2, -0.15) is 0 Å². The van der Waals surface area contributed by atoms with Crippen molar-refractivity contribution in [1.82, 2.24) is 4.57 Å². The van der Waals surface area contributed by atoms with E-state index in [2.05, 4.69) is 119 Å². The third-order valence-electron chi connectivity index (χ3n) is 6.80. The Hall–Kier alpha value is -4.08. The molecule has 0 aliphatic rings. The molecule has 0 atom stereocenters. The van der Waals surface area contributed by atoms with E-state index in [9.17, 15) is 0 Å². The number of hydrogen-bond donors (Lipinski definition) is 1. The topological polar surface area (TPSA) is 17.0 Å². The summed E-state index contributed by atoms with van der Waals surface area (Å²) in [5, 5.41) is 8.55. The molecular formula is C31H22N2S. The SMILES string of the molecule is CNc1ccc(-c2ccc3sc4ccccc4c3c2)c(-n2c3ccccc3c3ccccc32)c1. The Balaban J connectivity index is 1.56. The van der Waals surface area contributed by atoms with Crippen molar-refractivity contribution in [3.8, 4) is 16.8 Å². The van der Waals surface area contributed by atoms with E-state index in [1.807, 2.05) is 18.4 Å². The fourth-order valence-electron chi connectivity index (χ4n) is 5.19. The van der Waals surface area contributed by atoms with Gasteiger partial charge in [-0.1, -0.05) is 66.7 Å². The van der Waals surface area contributed by atoms with Crippen LogP contribution in [0.25, 0.3) is 58.8 Å². The molecule has 2 heterocycles. The Morgan fingerprint density at radius 1 is 0.588 bits per heavy atom. The third kappa shape index (κ3) is 2.81. The number of aromatic nitrogens is 1. The van der Waals surface area contributed by atoms with Crippen molar-refractivity contribution >= 4 is 59.0 Å². The Bertz CT molecular complexity index is 1800. The van der Waals surface area contributed by atoms with Crippen LogP contribution in [0.15, 0.2) is 109 Å². The van der Waals surface area contributed by atoms with E-state index in [0.717, 1.165) is 5.69 Å². The minimum Gasteiger partial charge on any atom is -0.388 e.